The summed E-state index contributed by atoms with van der Waals surface area (Å²) in [6, 6.07) is 10.6. The van der Waals surface area contributed by atoms with E-state index in [2.05, 4.69) is 35.6 Å². The van der Waals surface area contributed by atoms with Gasteiger partial charge in [-0.05, 0) is 31.4 Å². The summed E-state index contributed by atoms with van der Waals surface area (Å²) in [6.07, 6.45) is 3.67. The van der Waals surface area contributed by atoms with Crippen LogP contribution in [0.1, 0.15) is 18.4 Å². The molecule has 0 heterocycles. The van der Waals surface area contributed by atoms with Crippen LogP contribution in [0.15, 0.2) is 30.3 Å². The normalized spacial score (nSPS) is 10.4. The van der Waals surface area contributed by atoms with Gasteiger partial charge >= 0.3 is 0 Å². The highest BCUT2D eigenvalue weighted by molar-refractivity contribution is 5.14. The van der Waals surface area contributed by atoms with Gasteiger partial charge in [-0.2, -0.15) is 0 Å². The van der Waals surface area contributed by atoms with Gasteiger partial charge in [-0.25, -0.2) is 0 Å². The van der Waals surface area contributed by atoms with Crippen LogP contribution in [0.2, 0.25) is 0 Å². The second-order valence-corrected chi connectivity index (χ2v) is 3.48. The topological polar surface area (TPSA) is 38.0 Å². The van der Waals surface area contributed by atoms with E-state index in [-0.39, 0.29) is 0 Å². The minimum Gasteiger partial charge on any atom is -0.329 e. The van der Waals surface area contributed by atoms with Crippen LogP contribution >= 0.6 is 0 Å². The second kappa shape index (κ2) is 7.54. The summed E-state index contributed by atoms with van der Waals surface area (Å²) >= 11 is 0. The molecule has 14 heavy (non-hydrogen) atoms. The third-order valence-corrected chi connectivity index (χ3v) is 2.23. The van der Waals surface area contributed by atoms with Crippen molar-refractivity contribution in [2.24, 2.45) is 5.73 Å². The molecule has 0 saturated heterocycles. The first kappa shape index (κ1) is 11.2. The fraction of sp³-hybridized carbons (Fsp3) is 0.500. The van der Waals surface area contributed by atoms with Crippen molar-refractivity contribution in [3.63, 3.8) is 0 Å². The van der Waals surface area contributed by atoms with Crippen molar-refractivity contribution in [1.29, 1.82) is 0 Å². The fourth-order valence-electron chi connectivity index (χ4n) is 1.45. The quantitative estimate of drug-likeness (QED) is 0.643. The maximum atomic E-state index is 5.37. The van der Waals surface area contributed by atoms with Gasteiger partial charge in [0.25, 0.3) is 0 Å². The Morgan fingerprint density at radius 2 is 1.79 bits per heavy atom. The molecule has 0 aliphatic rings. The Kier molecular flexibility index (Phi) is 6.04. The van der Waals surface area contributed by atoms with Crippen LogP contribution in [-0.4, -0.2) is 19.6 Å². The summed E-state index contributed by atoms with van der Waals surface area (Å²) in [5, 5.41) is 3.30. The first-order valence-corrected chi connectivity index (χ1v) is 5.38. The SMILES string of the molecule is NCCNCCCCc1ccccc1. The summed E-state index contributed by atoms with van der Waals surface area (Å²) in [4.78, 5) is 0. The lowest BCUT2D eigenvalue weighted by atomic mass is 10.1. The Morgan fingerprint density at radius 1 is 1.00 bits per heavy atom. The van der Waals surface area contributed by atoms with Gasteiger partial charge in [0.05, 0.1) is 0 Å². The molecule has 2 heteroatoms. The largest absolute Gasteiger partial charge is 0.329 e. The molecule has 0 aliphatic heterocycles. The summed E-state index contributed by atoms with van der Waals surface area (Å²) in [7, 11) is 0. The van der Waals surface area contributed by atoms with Crippen molar-refractivity contribution in [2.45, 2.75) is 19.3 Å². The van der Waals surface area contributed by atoms with E-state index in [4.69, 9.17) is 5.73 Å². The van der Waals surface area contributed by atoms with Gasteiger partial charge in [0.15, 0.2) is 0 Å². The summed E-state index contributed by atoms with van der Waals surface area (Å²) in [5.41, 5.74) is 6.81. The molecule has 0 aromatic heterocycles. The third kappa shape index (κ3) is 5.00. The molecular weight excluding hydrogens is 172 g/mol. The van der Waals surface area contributed by atoms with E-state index in [1.165, 1.54) is 24.8 Å². The number of rotatable bonds is 7. The van der Waals surface area contributed by atoms with Crippen LogP contribution in [0.3, 0.4) is 0 Å². The first-order valence-electron chi connectivity index (χ1n) is 5.38. The predicted molar refractivity (Wildman–Crippen MR) is 61.3 cm³/mol. The number of unbranched alkanes of at least 4 members (excludes halogenated alkanes) is 1. The number of benzene rings is 1. The molecule has 0 saturated carbocycles. The van der Waals surface area contributed by atoms with Crippen LogP contribution in [-0.2, 0) is 6.42 Å². The van der Waals surface area contributed by atoms with Crippen molar-refractivity contribution in [2.75, 3.05) is 19.6 Å². The number of nitrogens with one attached hydrogen (secondary N) is 1. The van der Waals surface area contributed by atoms with E-state index in [1.807, 2.05) is 0 Å². The minimum absolute atomic E-state index is 0.735. The van der Waals surface area contributed by atoms with Crippen molar-refractivity contribution in [1.82, 2.24) is 5.32 Å². The predicted octanol–water partition coefficient (Wildman–Crippen LogP) is 1.56. The lowest BCUT2D eigenvalue weighted by Gasteiger charge is -2.03. The molecule has 1 rings (SSSR count). The van der Waals surface area contributed by atoms with Gasteiger partial charge < -0.3 is 11.1 Å². The molecule has 0 atom stereocenters. The zero-order valence-electron chi connectivity index (χ0n) is 8.71. The van der Waals surface area contributed by atoms with E-state index >= 15 is 0 Å². The van der Waals surface area contributed by atoms with Crippen molar-refractivity contribution in [3.05, 3.63) is 35.9 Å². The van der Waals surface area contributed by atoms with Gasteiger partial charge in [-0.3, -0.25) is 0 Å². The Labute approximate surface area is 86.5 Å². The maximum absolute atomic E-state index is 5.37. The minimum atomic E-state index is 0.735. The molecular formula is C12H20N2. The van der Waals surface area contributed by atoms with Crippen molar-refractivity contribution < 1.29 is 0 Å². The Balaban J connectivity index is 1.99. The molecule has 0 bridgehead atoms. The Hall–Kier alpha value is -0.860. The van der Waals surface area contributed by atoms with Crippen LogP contribution in [0.25, 0.3) is 0 Å². The van der Waals surface area contributed by atoms with Gasteiger partial charge in [-0.1, -0.05) is 30.3 Å². The van der Waals surface area contributed by atoms with Crippen LogP contribution in [0.4, 0.5) is 0 Å². The van der Waals surface area contributed by atoms with E-state index < -0.39 is 0 Å². The van der Waals surface area contributed by atoms with Crippen LogP contribution in [0.5, 0.6) is 0 Å². The smallest absolute Gasteiger partial charge is 0.00745 e. The maximum Gasteiger partial charge on any atom is 0.00745 e. The molecule has 0 aliphatic carbocycles. The number of hydrogen-bond donors (Lipinski definition) is 2. The lowest BCUT2D eigenvalue weighted by molar-refractivity contribution is 0.627. The average molecular weight is 192 g/mol. The molecule has 2 nitrogen and oxygen atoms in total. The molecule has 0 unspecified atom stereocenters. The highest BCUT2D eigenvalue weighted by Crippen LogP contribution is 2.03. The van der Waals surface area contributed by atoms with Gasteiger partial charge in [0.2, 0.25) is 0 Å². The molecule has 1 aromatic rings. The van der Waals surface area contributed by atoms with E-state index in [0.717, 1.165) is 19.6 Å². The van der Waals surface area contributed by atoms with Crippen LogP contribution in [0, 0.1) is 0 Å². The molecule has 0 radical (unpaired) electrons. The zero-order valence-corrected chi connectivity index (χ0v) is 8.71. The van der Waals surface area contributed by atoms with E-state index in [0.29, 0.717) is 0 Å². The van der Waals surface area contributed by atoms with Crippen molar-refractivity contribution in [3.8, 4) is 0 Å². The number of aryl methyl sites for hydroxylation is 1. The van der Waals surface area contributed by atoms with E-state index in [1.54, 1.807) is 0 Å². The average Bonchev–Trinajstić information content (AvgIpc) is 2.25. The molecule has 0 spiro atoms. The highest BCUT2D eigenvalue weighted by atomic mass is 14.9. The zero-order chi connectivity index (χ0) is 10.1. The molecule has 0 amide bonds. The van der Waals surface area contributed by atoms with Gasteiger partial charge in [-0.15, -0.1) is 0 Å². The van der Waals surface area contributed by atoms with Crippen molar-refractivity contribution >= 4 is 0 Å². The van der Waals surface area contributed by atoms with Gasteiger partial charge in [0.1, 0.15) is 0 Å². The monoisotopic (exact) mass is 192 g/mol. The Bertz CT molecular complexity index is 221. The Morgan fingerprint density at radius 3 is 2.50 bits per heavy atom. The second-order valence-electron chi connectivity index (χ2n) is 3.48. The fourth-order valence-corrected chi connectivity index (χ4v) is 1.45. The van der Waals surface area contributed by atoms with E-state index in [9.17, 15) is 0 Å². The number of nitrogens with two attached hydrogens (primary N) is 1. The standard InChI is InChI=1S/C12H20N2/c13-9-11-14-10-5-4-8-12-6-2-1-3-7-12/h1-3,6-7,14H,4-5,8-11,13H2. The summed E-state index contributed by atoms with van der Waals surface area (Å²) < 4.78 is 0. The first-order chi connectivity index (χ1) is 6.93. The third-order valence-electron chi connectivity index (χ3n) is 2.23. The summed E-state index contributed by atoms with van der Waals surface area (Å²) in [5.74, 6) is 0. The molecule has 3 N–H and O–H groups in total. The highest BCUT2D eigenvalue weighted by Gasteiger charge is 1.91. The molecule has 78 valence electrons. The molecule has 1 aromatic carbocycles. The molecule has 0 fully saturated rings. The van der Waals surface area contributed by atoms with Gasteiger partial charge in [0, 0.05) is 13.1 Å². The van der Waals surface area contributed by atoms with Crippen LogP contribution < -0.4 is 11.1 Å². The summed E-state index contributed by atoms with van der Waals surface area (Å²) in [6.45, 7) is 2.76. The lowest BCUT2D eigenvalue weighted by Crippen LogP contribution is -2.23. The number of hydrogen-bond acceptors (Lipinski definition) is 2.